The van der Waals surface area contributed by atoms with E-state index >= 15 is 0 Å². The first-order chi connectivity index (χ1) is 14.8. The molecule has 1 aliphatic carbocycles. The highest BCUT2D eigenvalue weighted by molar-refractivity contribution is 7.90. The van der Waals surface area contributed by atoms with Crippen LogP contribution in [0.15, 0.2) is 47.4 Å². The van der Waals surface area contributed by atoms with E-state index in [1.807, 2.05) is 23.1 Å². The number of hydrogen-bond donors (Lipinski definition) is 0. The summed E-state index contributed by atoms with van der Waals surface area (Å²) in [5, 5.41) is 0. The van der Waals surface area contributed by atoms with Crippen LogP contribution >= 0.6 is 0 Å². The molecule has 0 radical (unpaired) electrons. The summed E-state index contributed by atoms with van der Waals surface area (Å²) >= 11 is 0. The molecule has 1 fully saturated rings. The predicted molar refractivity (Wildman–Crippen MR) is 117 cm³/mol. The van der Waals surface area contributed by atoms with Crippen molar-refractivity contribution in [1.29, 1.82) is 0 Å². The van der Waals surface area contributed by atoms with E-state index in [-0.39, 0.29) is 16.8 Å². The van der Waals surface area contributed by atoms with Crippen molar-refractivity contribution in [2.75, 3.05) is 27.1 Å². The highest BCUT2D eigenvalue weighted by atomic mass is 32.2. The van der Waals surface area contributed by atoms with E-state index in [1.165, 1.54) is 18.4 Å². The molecule has 0 bridgehead atoms. The quantitative estimate of drug-likeness (QED) is 0.491. The molecule has 1 aliphatic rings. The summed E-state index contributed by atoms with van der Waals surface area (Å²) in [6.07, 6.45) is 4.15. The van der Waals surface area contributed by atoms with Crippen LogP contribution in [0, 0.1) is 0 Å². The molecular weight excluding hydrogens is 418 g/mol. The predicted octanol–water partition coefficient (Wildman–Crippen LogP) is 3.46. The van der Waals surface area contributed by atoms with Gasteiger partial charge in [0.05, 0.1) is 25.7 Å². The van der Waals surface area contributed by atoms with Gasteiger partial charge >= 0.3 is 0 Å². The average molecular weight is 448 g/mol. The lowest BCUT2D eigenvalue weighted by Gasteiger charge is -2.24. The second-order valence-corrected chi connectivity index (χ2v) is 9.64. The van der Waals surface area contributed by atoms with Gasteiger partial charge in [0.25, 0.3) is 0 Å². The lowest BCUT2D eigenvalue weighted by atomic mass is 10.1. The maximum absolute atomic E-state index is 12.9. The summed E-state index contributed by atoms with van der Waals surface area (Å²) in [5.74, 6) is 2.14. The van der Waals surface area contributed by atoms with Gasteiger partial charge in [0, 0.05) is 30.8 Å². The minimum absolute atomic E-state index is 0.0865. The van der Waals surface area contributed by atoms with E-state index in [9.17, 15) is 13.2 Å². The van der Waals surface area contributed by atoms with Gasteiger partial charge in [-0.2, -0.15) is 0 Å². The number of benzene rings is 2. The molecule has 0 saturated heterocycles. The normalized spacial score (nSPS) is 13.5. The Bertz CT molecular complexity index is 999. The number of hydrogen-bond acceptors (Lipinski definition) is 6. The first kappa shape index (κ1) is 22.9. The number of carbonyl (C=O) groups is 1. The Morgan fingerprint density at radius 2 is 1.71 bits per heavy atom. The second-order valence-electron chi connectivity index (χ2n) is 7.63. The molecule has 7 nitrogen and oxygen atoms in total. The van der Waals surface area contributed by atoms with Crippen molar-refractivity contribution in [1.82, 2.24) is 4.90 Å². The van der Waals surface area contributed by atoms with Crippen LogP contribution in [-0.4, -0.2) is 52.3 Å². The summed E-state index contributed by atoms with van der Waals surface area (Å²) in [7, 11) is 0.00886. The highest BCUT2D eigenvalue weighted by Crippen LogP contribution is 2.32. The largest absolute Gasteiger partial charge is 0.497 e. The molecule has 8 heteroatoms. The third-order valence-electron chi connectivity index (χ3n) is 5.19. The molecular formula is C23H29NO6S. The Morgan fingerprint density at radius 3 is 2.29 bits per heavy atom. The molecule has 168 valence electrons. The molecule has 1 saturated carbocycles. The van der Waals surface area contributed by atoms with Gasteiger partial charge in [-0.1, -0.05) is 0 Å². The Morgan fingerprint density at radius 1 is 1.03 bits per heavy atom. The van der Waals surface area contributed by atoms with Crippen molar-refractivity contribution < 1.29 is 27.4 Å². The van der Waals surface area contributed by atoms with Crippen LogP contribution in [0.2, 0.25) is 0 Å². The zero-order valence-corrected chi connectivity index (χ0v) is 19.0. The molecule has 0 N–H and O–H groups in total. The van der Waals surface area contributed by atoms with E-state index < -0.39 is 9.84 Å². The molecule has 0 aromatic heterocycles. The molecule has 2 aromatic carbocycles. The summed E-state index contributed by atoms with van der Waals surface area (Å²) in [6, 6.07) is 12.2. The van der Waals surface area contributed by atoms with Crippen LogP contribution in [0.3, 0.4) is 0 Å². The summed E-state index contributed by atoms with van der Waals surface area (Å²) in [4.78, 5) is 15.0. The topological polar surface area (TPSA) is 82.1 Å². The summed E-state index contributed by atoms with van der Waals surface area (Å²) < 4.78 is 39.5. The van der Waals surface area contributed by atoms with Crippen molar-refractivity contribution in [3.63, 3.8) is 0 Å². The number of ether oxygens (including phenoxy) is 3. The maximum atomic E-state index is 12.9. The van der Waals surface area contributed by atoms with Crippen molar-refractivity contribution in [2.45, 2.75) is 43.2 Å². The van der Waals surface area contributed by atoms with E-state index in [0.29, 0.717) is 31.7 Å². The maximum Gasteiger partial charge on any atom is 0.223 e. The number of methoxy groups -OCH3 is 2. The Balaban J connectivity index is 1.54. The zero-order chi connectivity index (χ0) is 22.4. The van der Waals surface area contributed by atoms with E-state index in [0.717, 1.165) is 29.9 Å². The number of sulfone groups is 1. The molecule has 2 aromatic rings. The Labute approximate surface area is 183 Å². The van der Waals surface area contributed by atoms with Crippen LogP contribution in [0.5, 0.6) is 17.2 Å². The van der Waals surface area contributed by atoms with E-state index in [2.05, 4.69) is 0 Å². The fraction of sp³-hybridized carbons (Fsp3) is 0.435. The van der Waals surface area contributed by atoms with Crippen LogP contribution in [0.25, 0.3) is 0 Å². The number of nitrogens with zero attached hydrogens (tertiary/aromatic N) is 1. The van der Waals surface area contributed by atoms with Crippen LogP contribution in [0.4, 0.5) is 0 Å². The molecule has 31 heavy (non-hydrogen) atoms. The van der Waals surface area contributed by atoms with Crippen LogP contribution in [0.1, 0.15) is 31.2 Å². The summed E-state index contributed by atoms with van der Waals surface area (Å²) in [5.41, 5.74) is 0.921. The van der Waals surface area contributed by atoms with Gasteiger partial charge in [0.15, 0.2) is 9.84 Å². The SMILES string of the molecule is COc1ccc(OC)c(CN(C(=O)CCCOc2ccc(S(C)(=O)=O)cc2)C2CC2)c1. The van der Waals surface area contributed by atoms with Gasteiger partial charge < -0.3 is 19.1 Å². The molecule has 0 unspecified atom stereocenters. The van der Waals surface area contributed by atoms with Gasteiger partial charge in [-0.05, 0) is 61.7 Å². The van der Waals surface area contributed by atoms with Gasteiger partial charge in [0.2, 0.25) is 5.91 Å². The fourth-order valence-corrected chi connectivity index (χ4v) is 3.97. The molecule has 0 atom stereocenters. The summed E-state index contributed by atoms with van der Waals surface area (Å²) in [6.45, 7) is 0.864. The van der Waals surface area contributed by atoms with Crippen LogP contribution < -0.4 is 14.2 Å². The molecule has 0 heterocycles. The molecule has 0 spiro atoms. The minimum atomic E-state index is -3.23. The lowest BCUT2D eigenvalue weighted by molar-refractivity contribution is -0.132. The van der Waals surface area contributed by atoms with Crippen molar-refractivity contribution >= 4 is 15.7 Å². The zero-order valence-electron chi connectivity index (χ0n) is 18.2. The van der Waals surface area contributed by atoms with Gasteiger partial charge in [-0.15, -0.1) is 0 Å². The van der Waals surface area contributed by atoms with E-state index in [4.69, 9.17) is 14.2 Å². The van der Waals surface area contributed by atoms with Gasteiger partial charge in [-0.25, -0.2) is 8.42 Å². The molecule has 3 rings (SSSR count). The lowest BCUT2D eigenvalue weighted by Crippen LogP contribution is -2.32. The molecule has 1 amide bonds. The Hall–Kier alpha value is -2.74. The highest BCUT2D eigenvalue weighted by Gasteiger charge is 2.32. The first-order valence-corrected chi connectivity index (χ1v) is 12.1. The smallest absolute Gasteiger partial charge is 0.223 e. The minimum Gasteiger partial charge on any atom is -0.497 e. The van der Waals surface area contributed by atoms with E-state index in [1.54, 1.807) is 26.4 Å². The monoisotopic (exact) mass is 447 g/mol. The third-order valence-corrected chi connectivity index (χ3v) is 6.32. The fourth-order valence-electron chi connectivity index (χ4n) is 3.34. The second kappa shape index (κ2) is 10.0. The van der Waals surface area contributed by atoms with Crippen molar-refractivity contribution in [3.05, 3.63) is 48.0 Å². The Kier molecular flexibility index (Phi) is 7.43. The van der Waals surface area contributed by atoms with Gasteiger partial charge in [-0.3, -0.25) is 4.79 Å². The third kappa shape index (κ3) is 6.37. The van der Waals surface area contributed by atoms with Gasteiger partial charge in [0.1, 0.15) is 17.2 Å². The number of amides is 1. The molecule has 0 aliphatic heterocycles. The standard InChI is InChI=1S/C23H29NO6S/c1-28-20-10-13-22(29-2)17(15-20)16-24(18-6-7-18)23(25)5-4-14-30-19-8-11-21(12-9-19)31(3,26)27/h8-13,15,18H,4-7,14,16H2,1-3H3. The van der Waals surface area contributed by atoms with Crippen LogP contribution in [-0.2, 0) is 21.2 Å². The first-order valence-electron chi connectivity index (χ1n) is 10.2. The van der Waals surface area contributed by atoms with Crippen molar-refractivity contribution in [3.8, 4) is 17.2 Å². The van der Waals surface area contributed by atoms with Crippen molar-refractivity contribution in [2.24, 2.45) is 0 Å². The number of rotatable bonds is 11. The average Bonchev–Trinajstić information content (AvgIpc) is 3.59. The number of carbonyl (C=O) groups excluding carboxylic acids is 1.